The van der Waals surface area contributed by atoms with Crippen LogP contribution in [-0.4, -0.2) is 19.6 Å². The van der Waals surface area contributed by atoms with Gasteiger partial charge in [-0.1, -0.05) is 48.5 Å². The van der Waals surface area contributed by atoms with E-state index in [1.807, 2.05) is 109 Å². The SMILES string of the molecule is c1cc(Oc2cccc(-n3ncc4c5ccccc5oc43)c2)cc(-n2ncc3c4ccccc4oc32)c1. The van der Waals surface area contributed by atoms with Crippen molar-refractivity contribution in [1.29, 1.82) is 0 Å². The first-order valence-corrected chi connectivity index (χ1v) is 11.9. The van der Waals surface area contributed by atoms with Gasteiger partial charge in [-0.2, -0.15) is 10.2 Å². The first-order chi connectivity index (χ1) is 18.3. The van der Waals surface area contributed by atoms with Gasteiger partial charge in [0.15, 0.2) is 0 Å². The van der Waals surface area contributed by atoms with Crippen molar-refractivity contribution in [1.82, 2.24) is 19.6 Å². The van der Waals surface area contributed by atoms with Gasteiger partial charge < -0.3 is 13.6 Å². The van der Waals surface area contributed by atoms with E-state index in [9.17, 15) is 0 Å². The first-order valence-electron chi connectivity index (χ1n) is 11.9. The number of benzene rings is 4. The van der Waals surface area contributed by atoms with Crippen molar-refractivity contribution in [3.63, 3.8) is 0 Å². The summed E-state index contributed by atoms with van der Waals surface area (Å²) in [4.78, 5) is 0. The maximum Gasteiger partial charge on any atom is 0.230 e. The smallest absolute Gasteiger partial charge is 0.230 e. The van der Waals surface area contributed by atoms with Crippen molar-refractivity contribution in [2.24, 2.45) is 0 Å². The molecule has 4 aromatic heterocycles. The van der Waals surface area contributed by atoms with Crippen LogP contribution in [0.15, 0.2) is 118 Å². The fourth-order valence-corrected chi connectivity index (χ4v) is 4.87. The molecular formula is C30H18N4O3. The third-order valence-corrected chi connectivity index (χ3v) is 6.58. The highest BCUT2D eigenvalue weighted by Crippen LogP contribution is 2.33. The summed E-state index contributed by atoms with van der Waals surface area (Å²) in [7, 11) is 0. The molecule has 7 heteroatoms. The minimum atomic E-state index is 0.684. The highest BCUT2D eigenvalue weighted by Gasteiger charge is 2.15. The van der Waals surface area contributed by atoms with Crippen LogP contribution >= 0.6 is 0 Å². The number of ether oxygens (including phenoxy) is 1. The number of fused-ring (bicyclic) bond motifs is 6. The highest BCUT2D eigenvalue weighted by atomic mass is 16.5. The van der Waals surface area contributed by atoms with E-state index in [-0.39, 0.29) is 0 Å². The Morgan fingerprint density at radius 1 is 0.514 bits per heavy atom. The van der Waals surface area contributed by atoms with Gasteiger partial charge in [0, 0.05) is 22.9 Å². The Morgan fingerprint density at radius 2 is 1.00 bits per heavy atom. The topological polar surface area (TPSA) is 71.2 Å². The van der Waals surface area contributed by atoms with Gasteiger partial charge >= 0.3 is 0 Å². The highest BCUT2D eigenvalue weighted by molar-refractivity contribution is 6.04. The van der Waals surface area contributed by atoms with Crippen LogP contribution in [0.2, 0.25) is 0 Å². The summed E-state index contributed by atoms with van der Waals surface area (Å²) >= 11 is 0. The van der Waals surface area contributed by atoms with Crippen molar-refractivity contribution in [3.05, 3.63) is 109 Å². The summed E-state index contributed by atoms with van der Waals surface area (Å²) in [5.74, 6) is 1.37. The maximum absolute atomic E-state index is 6.25. The van der Waals surface area contributed by atoms with Gasteiger partial charge in [-0.3, -0.25) is 0 Å². The second-order valence-electron chi connectivity index (χ2n) is 8.84. The van der Waals surface area contributed by atoms with Crippen molar-refractivity contribution in [3.8, 4) is 22.9 Å². The minimum absolute atomic E-state index is 0.684. The molecule has 0 saturated carbocycles. The molecule has 176 valence electrons. The van der Waals surface area contributed by atoms with Crippen LogP contribution in [-0.2, 0) is 0 Å². The molecule has 0 aliphatic rings. The zero-order valence-corrected chi connectivity index (χ0v) is 19.4. The average molecular weight is 482 g/mol. The summed E-state index contributed by atoms with van der Waals surface area (Å²) in [6.45, 7) is 0. The van der Waals surface area contributed by atoms with E-state index >= 15 is 0 Å². The molecule has 8 rings (SSSR count). The van der Waals surface area contributed by atoms with Gasteiger partial charge in [-0.15, -0.1) is 0 Å². The maximum atomic E-state index is 6.25. The molecule has 0 unspecified atom stereocenters. The molecule has 0 bridgehead atoms. The molecule has 4 heterocycles. The third-order valence-electron chi connectivity index (χ3n) is 6.58. The summed E-state index contributed by atoms with van der Waals surface area (Å²) in [6, 6.07) is 31.5. The lowest BCUT2D eigenvalue weighted by Crippen LogP contribution is -1.97. The summed E-state index contributed by atoms with van der Waals surface area (Å²) in [6.07, 6.45) is 3.67. The van der Waals surface area contributed by atoms with Gasteiger partial charge in [0.25, 0.3) is 0 Å². The molecule has 37 heavy (non-hydrogen) atoms. The van der Waals surface area contributed by atoms with Gasteiger partial charge in [0.05, 0.1) is 34.5 Å². The number of furan rings is 2. The fourth-order valence-electron chi connectivity index (χ4n) is 4.87. The van der Waals surface area contributed by atoms with Crippen LogP contribution in [0.1, 0.15) is 0 Å². The zero-order chi connectivity index (χ0) is 24.3. The normalized spacial score (nSPS) is 11.8. The Hall–Kier alpha value is -5.30. The fraction of sp³-hybridized carbons (Fsp3) is 0. The van der Waals surface area contributed by atoms with Crippen LogP contribution in [0, 0.1) is 0 Å². The van der Waals surface area contributed by atoms with Gasteiger partial charge in [-0.25, -0.2) is 9.36 Å². The van der Waals surface area contributed by atoms with Crippen LogP contribution < -0.4 is 4.74 Å². The number of hydrogen-bond acceptors (Lipinski definition) is 5. The predicted octanol–water partition coefficient (Wildman–Crippen LogP) is 7.65. The van der Waals surface area contributed by atoms with E-state index in [2.05, 4.69) is 10.2 Å². The number of nitrogens with zero attached hydrogens (tertiary/aromatic N) is 4. The molecule has 0 N–H and O–H groups in total. The van der Waals surface area contributed by atoms with Crippen molar-refractivity contribution >= 4 is 44.1 Å². The van der Waals surface area contributed by atoms with Gasteiger partial charge in [-0.05, 0) is 36.4 Å². The van der Waals surface area contributed by atoms with E-state index in [0.29, 0.717) is 22.9 Å². The second kappa shape index (κ2) is 7.60. The lowest BCUT2D eigenvalue weighted by Gasteiger charge is -2.09. The monoisotopic (exact) mass is 482 g/mol. The van der Waals surface area contributed by atoms with E-state index in [1.165, 1.54) is 0 Å². The van der Waals surface area contributed by atoms with E-state index < -0.39 is 0 Å². The molecule has 0 aliphatic heterocycles. The molecule has 0 fully saturated rings. The molecule has 0 saturated heterocycles. The Kier molecular flexibility index (Phi) is 4.10. The van der Waals surface area contributed by atoms with E-state index in [1.54, 1.807) is 9.36 Å². The number of para-hydroxylation sites is 2. The van der Waals surface area contributed by atoms with E-state index in [4.69, 9.17) is 13.6 Å². The standard InChI is InChI=1S/C30H18N4O3/c1-3-13-27-23(11-1)25-17-31-33(29(25)36-27)19-7-5-9-21(15-19)35-22-10-6-8-20(16-22)34-30-26(18-32-34)24-12-2-4-14-28(24)37-30/h1-18H. The van der Waals surface area contributed by atoms with Crippen LogP contribution in [0.25, 0.3) is 55.5 Å². The summed E-state index contributed by atoms with van der Waals surface area (Å²) in [5, 5.41) is 13.2. The third kappa shape index (κ3) is 3.07. The molecular weight excluding hydrogens is 464 g/mol. The largest absolute Gasteiger partial charge is 0.457 e. The van der Waals surface area contributed by atoms with E-state index in [0.717, 1.165) is 44.1 Å². The lowest BCUT2D eigenvalue weighted by atomic mass is 10.2. The number of rotatable bonds is 4. The second-order valence-corrected chi connectivity index (χ2v) is 8.84. The Morgan fingerprint density at radius 3 is 1.51 bits per heavy atom. The molecule has 7 nitrogen and oxygen atoms in total. The molecule has 0 radical (unpaired) electrons. The molecule has 0 atom stereocenters. The minimum Gasteiger partial charge on any atom is -0.457 e. The van der Waals surface area contributed by atoms with Crippen LogP contribution in [0.4, 0.5) is 0 Å². The molecule has 8 aromatic rings. The van der Waals surface area contributed by atoms with Crippen LogP contribution in [0.3, 0.4) is 0 Å². The number of aromatic nitrogens is 4. The molecule has 0 aliphatic carbocycles. The molecule has 4 aromatic carbocycles. The first kappa shape index (κ1) is 19.9. The Balaban J connectivity index is 1.15. The molecule has 0 amide bonds. The zero-order valence-electron chi connectivity index (χ0n) is 19.4. The predicted molar refractivity (Wildman–Crippen MR) is 142 cm³/mol. The van der Waals surface area contributed by atoms with Crippen molar-refractivity contribution in [2.75, 3.05) is 0 Å². The quantitative estimate of drug-likeness (QED) is 0.258. The Bertz CT molecular complexity index is 1940. The summed E-state index contributed by atoms with van der Waals surface area (Å²) in [5.41, 5.74) is 4.77. The van der Waals surface area contributed by atoms with Gasteiger partial charge in [0.2, 0.25) is 11.4 Å². The molecule has 0 spiro atoms. The van der Waals surface area contributed by atoms with Gasteiger partial charge in [0.1, 0.15) is 22.7 Å². The average Bonchev–Trinajstić information content (AvgIpc) is 3.69. The lowest BCUT2D eigenvalue weighted by molar-refractivity contribution is 0.481. The summed E-state index contributed by atoms with van der Waals surface area (Å²) < 4.78 is 22.0. The Labute approximate surface area is 209 Å². The van der Waals surface area contributed by atoms with Crippen molar-refractivity contribution in [2.45, 2.75) is 0 Å². The van der Waals surface area contributed by atoms with Crippen molar-refractivity contribution < 1.29 is 13.6 Å². The number of hydrogen-bond donors (Lipinski definition) is 0. The van der Waals surface area contributed by atoms with Crippen LogP contribution in [0.5, 0.6) is 11.5 Å².